The van der Waals surface area contributed by atoms with Gasteiger partial charge in [0.15, 0.2) is 0 Å². The van der Waals surface area contributed by atoms with Crippen molar-refractivity contribution in [3.05, 3.63) is 92.9 Å². The van der Waals surface area contributed by atoms with Gasteiger partial charge in [0.25, 0.3) is 5.91 Å². The van der Waals surface area contributed by atoms with Crippen molar-refractivity contribution in [3.63, 3.8) is 0 Å². The molecular weight excluding hydrogens is 675 g/mol. The van der Waals surface area contributed by atoms with Crippen LogP contribution in [-0.4, -0.2) is 73.6 Å². The molecule has 2 aliphatic rings. The molecule has 0 aromatic heterocycles. The molecular formula is C43H60ClFN4O3. The second-order valence-corrected chi connectivity index (χ2v) is 15.2. The SMILES string of the molecule is C#C.C=C(/C=C\C(C)=C(/C)N1CCC2(CC1)CN(C)C2)C(=O)NCCC(C)C.CNC(CC(=O)O)c1cc(-c2c(C)cc(Cl)cc2C)cc(C)c1F. The summed E-state index contributed by atoms with van der Waals surface area (Å²) in [5.41, 5.74) is 8.33. The highest BCUT2D eigenvalue weighted by atomic mass is 35.5. The molecule has 2 aliphatic heterocycles. The quantitative estimate of drug-likeness (QED) is 0.115. The number of allylic oxidation sites excluding steroid dienone is 3. The third-order valence-electron chi connectivity index (χ3n) is 10.1. The van der Waals surface area contributed by atoms with Gasteiger partial charge in [0.05, 0.1) is 6.42 Å². The first-order chi connectivity index (χ1) is 24.5. The Morgan fingerprint density at radius 1 is 1.04 bits per heavy atom. The monoisotopic (exact) mass is 734 g/mol. The van der Waals surface area contributed by atoms with Crippen LogP contribution in [0.1, 0.15) is 81.7 Å². The van der Waals surface area contributed by atoms with Crippen LogP contribution in [0.25, 0.3) is 11.1 Å². The molecule has 4 rings (SSSR count). The van der Waals surface area contributed by atoms with Crippen molar-refractivity contribution < 1.29 is 19.1 Å². The Labute approximate surface area is 317 Å². The Bertz CT molecular complexity index is 1620. The fraction of sp³-hybridized carbons (Fsp3) is 0.488. The highest BCUT2D eigenvalue weighted by Gasteiger charge is 2.43. The lowest BCUT2D eigenvalue weighted by molar-refractivity contribution is -0.137. The molecule has 0 saturated carbocycles. The van der Waals surface area contributed by atoms with E-state index in [1.807, 2.05) is 38.1 Å². The third-order valence-corrected chi connectivity index (χ3v) is 10.3. The summed E-state index contributed by atoms with van der Waals surface area (Å²) in [6.45, 7) is 23.6. The number of carbonyl (C=O) groups excluding carboxylic acids is 1. The normalized spacial score (nSPS) is 16.2. The number of carbonyl (C=O) groups is 2. The Hall–Kier alpha value is -3.90. The number of halogens is 2. The van der Waals surface area contributed by atoms with Crippen molar-refractivity contribution in [1.29, 1.82) is 0 Å². The molecule has 284 valence electrons. The molecule has 0 aliphatic carbocycles. The number of terminal acetylenes is 1. The van der Waals surface area contributed by atoms with Gasteiger partial charge in [0.2, 0.25) is 0 Å². The molecule has 2 saturated heterocycles. The zero-order valence-electron chi connectivity index (χ0n) is 32.8. The van der Waals surface area contributed by atoms with Crippen LogP contribution in [0.2, 0.25) is 5.02 Å². The number of hydrogen-bond donors (Lipinski definition) is 3. The molecule has 0 radical (unpaired) electrons. The fourth-order valence-electron chi connectivity index (χ4n) is 7.09. The summed E-state index contributed by atoms with van der Waals surface area (Å²) in [5, 5.41) is 15.6. The van der Waals surface area contributed by atoms with Crippen LogP contribution in [-0.2, 0) is 9.59 Å². The van der Waals surface area contributed by atoms with E-state index < -0.39 is 12.0 Å². The summed E-state index contributed by atoms with van der Waals surface area (Å²) in [6, 6.07) is 6.67. The van der Waals surface area contributed by atoms with Crippen LogP contribution in [0.15, 0.2) is 59.8 Å². The van der Waals surface area contributed by atoms with Crippen LogP contribution < -0.4 is 10.6 Å². The van der Waals surface area contributed by atoms with E-state index in [4.69, 9.17) is 16.7 Å². The minimum atomic E-state index is -0.976. The van der Waals surface area contributed by atoms with Gasteiger partial charge in [0, 0.05) is 60.6 Å². The maximum atomic E-state index is 14.6. The van der Waals surface area contributed by atoms with E-state index >= 15 is 0 Å². The molecule has 1 amide bonds. The molecule has 2 aromatic carbocycles. The maximum Gasteiger partial charge on any atom is 0.305 e. The molecule has 0 bridgehead atoms. The number of benzene rings is 2. The van der Waals surface area contributed by atoms with Gasteiger partial charge in [-0.15, -0.1) is 12.8 Å². The fourth-order valence-corrected chi connectivity index (χ4v) is 7.42. The summed E-state index contributed by atoms with van der Waals surface area (Å²) in [5.74, 6) is -0.823. The summed E-state index contributed by atoms with van der Waals surface area (Å²) < 4.78 is 14.6. The number of aryl methyl sites for hydroxylation is 3. The number of carboxylic acids is 1. The summed E-state index contributed by atoms with van der Waals surface area (Å²) in [4.78, 5) is 28.0. The number of hydrogen-bond acceptors (Lipinski definition) is 5. The van der Waals surface area contributed by atoms with Gasteiger partial charge in [-0.05, 0) is 143 Å². The minimum Gasteiger partial charge on any atom is -0.481 e. The van der Waals surface area contributed by atoms with Gasteiger partial charge in [0.1, 0.15) is 5.82 Å². The van der Waals surface area contributed by atoms with Crippen molar-refractivity contribution in [3.8, 4) is 24.0 Å². The molecule has 1 atom stereocenters. The standard InChI is InChI=1S/C22H37N3O.C19H21ClFNO2.C2H2/c1-17(2)9-12-23-21(26)19(4)8-7-18(3)20(5)25-13-10-22(11-14-25)15-24(6)16-22;1-10-6-14(20)7-11(2)18(10)13-5-12(3)19(21)15(8-13)16(22-4)9-17(23)24;1-2/h7-8,17H,4,9-16H2,1-3,5-6H3,(H,23,26);5-8,16,22H,9H2,1-4H3,(H,23,24);1-2H/b8-7-,20-18+;;. The molecule has 52 heavy (non-hydrogen) atoms. The number of likely N-dealkylation sites (tertiary alicyclic amines) is 2. The van der Waals surface area contributed by atoms with Gasteiger partial charge in [-0.3, -0.25) is 9.59 Å². The average molecular weight is 735 g/mol. The Morgan fingerprint density at radius 3 is 2.12 bits per heavy atom. The van der Waals surface area contributed by atoms with Gasteiger partial charge >= 0.3 is 5.97 Å². The number of rotatable bonds is 12. The van der Waals surface area contributed by atoms with E-state index in [0.29, 0.717) is 39.6 Å². The lowest BCUT2D eigenvalue weighted by Crippen LogP contribution is -2.58. The van der Waals surface area contributed by atoms with Crippen LogP contribution in [0.4, 0.5) is 4.39 Å². The third kappa shape index (κ3) is 12.4. The summed E-state index contributed by atoms with van der Waals surface area (Å²) in [7, 11) is 3.84. The lowest BCUT2D eigenvalue weighted by Gasteiger charge is -2.53. The smallest absolute Gasteiger partial charge is 0.305 e. The zero-order valence-corrected chi connectivity index (χ0v) is 33.5. The Morgan fingerprint density at radius 2 is 1.62 bits per heavy atom. The van der Waals surface area contributed by atoms with Crippen molar-refractivity contribution >= 4 is 23.5 Å². The van der Waals surface area contributed by atoms with Crippen molar-refractivity contribution in [2.75, 3.05) is 46.8 Å². The number of carboxylic acid groups (broad SMARTS) is 1. The predicted molar refractivity (Wildman–Crippen MR) is 215 cm³/mol. The van der Waals surface area contributed by atoms with Gasteiger partial charge in [-0.25, -0.2) is 4.39 Å². The van der Waals surface area contributed by atoms with E-state index in [1.54, 1.807) is 26.1 Å². The molecule has 1 unspecified atom stereocenters. The highest BCUT2D eigenvalue weighted by molar-refractivity contribution is 6.30. The Balaban J connectivity index is 0.000000345. The van der Waals surface area contributed by atoms with Crippen molar-refractivity contribution in [1.82, 2.24) is 20.4 Å². The lowest BCUT2D eigenvalue weighted by atomic mass is 9.72. The molecule has 2 aromatic rings. The predicted octanol–water partition coefficient (Wildman–Crippen LogP) is 8.64. The number of aliphatic carboxylic acids is 1. The molecule has 2 fully saturated rings. The van der Waals surface area contributed by atoms with Crippen LogP contribution in [0.5, 0.6) is 0 Å². The molecule has 3 N–H and O–H groups in total. The number of nitrogens with zero attached hydrogens (tertiary/aromatic N) is 2. The van der Waals surface area contributed by atoms with Crippen LogP contribution >= 0.6 is 11.6 Å². The highest BCUT2D eigenvalue weighted by Crippen LogP contribution is 2.40. The van der Waals surface area contributed by atoms with E-state index in [1.165, 1.54) is 37.2 Å². The van der Waals surface area contributed by atoms with Crippen molar-refractivity contribution in [2.45, 2.75) is 80.2 Å². The number of amides is 1. The van der Waals surface area contributed by atoms with Crippen LogP contribution in [0, 0.1) is 50.8 Å². The van der Waals surface area contributed by atoms with E-state index in [2.05, 4.69) is 74.6 Å². The first kappa shape index (κ1) is 44.3. The molecule has 1 spiro atoms. The maximum absolute atomic E-state index is 14.6. The molecule has 2 heterocycles. The zero-order chi connectivity index (χ0) is 39.3. The average Bonchev–Trinajstić information content (AvgIpc) is 3.07. The number of nitrogens with one attached hydrogen (secondary N) is 2. The number of piperidine rings is 1. The summed E-state index contributed by atoms with van der Waals surface area (Å²) in [6.07, 6.45) is 15.3. The van der Waals surface area contributed by atoms with Crippen LogP contribution in [0.3, 0.4) is 0 Å². The Kier molecular flexibility index (Phi) is 17.3. The van der Waals surface area contributed by atoms with Gasteiger partial charge in [-0.2, -0.15) is 0 Å². The van der Waals surface area contributed by atoms with E-state index in [9.17, 15) is 14.0 Å². The molecule has 9 heteroatoms. The minimum absolute atomic E-state index is 0.0682. The van der Waals surface area contributed by atoms with E-state index in [0.717, 1.165) is 41.8 Å². The van der Waals surface area contributed by atoms with Crippen molar-refractivity contribution in [2.24, 2.45) is 11.3 Å². The largest absolute Gasteiger partial charge is 0.481 e. The van der Waals surface area contributed by atoms with Gasteiger partial charge in [-0.1, -0.05) is 38.1 Å². The second-order valence-electron chi connectivity index (χ2n) is 14.8. The van der Waals surface area contributed by atoms with Gasteiger partial charge < -0.3 is 25.5 Å². The first-order valence-corrected chi connectivity index (χ1v) is 18.4. The topological polar surface area (TPSA) is 84.9 Å². The van der Waals surface area contributed by atoms with E-state index in [-0.39, 0.29) is 18.1 Å². The molecule has 7 nitrogen and oxygen atoms in total. The summed E-state index contributed by atoms with van der Waals surface area (Å²) >= 11 is 6.09. The second kappa shape index (κ2) is 20.4. The first-order valence-electron chi connectivity index (χ1n) is 18.0.